The molecule has 0 bridgehead atoms. The van der Waals surface area contributed by atoms with Crippen LogP contribution in [0.15, 0.2) is 91.4 Å². The summed E-state index contributed by atoms with van der Waals surface area (Å²) in [5.74, 6) is -0.242. The zero-order chi connectivity index (χ0) is 22.8. The number of fused-ring (bicyclic) bond motifs is 1. The van der Waals surface area contributed by atoms with Crippen molar-refractivity contribution in [1.82, 2.24) is 19.4 Å². The minimum absolute atomic E-state index is 0.00693. The third-order valence-electron chi connectivity index (χ3n) is 5.21. The molecule has 0 aliphatic carbocycles. The van der Waals surface area contributed by atoms with Crippen molar-refractivity contribution in [2.75, 3.05) is 5.43 Å². The lowest BCUT2D eigenvalue weighted by Gasteiger charge is -2.07. The molecule has 0 spiro atoms. The van der Waals surface area contributed by atoms with Crippen molar-refractivity contribution in [3.05, 3.63) is 107 Å². The molecule has 162 valence electrons. The summed E-state index contributed by atoms with van der Waals surface area (Å²) in [6.45, 7) is 0. The van der Waals surface area contributed by atoms with Gasteiger partial charge in [0.05, 0.1) is 33.8 Å². The lowest BCUT2D eigenvalue weighted by molar-refractivity contribution is -0.384. The van der Waals surface area contributed by atoms with Crippen LogP contribution in [-0.2, 0) is 11.2 Å². The maximum absolute atomic E-state index is 12.9. The lowest BCUT2D eigenvalue weighted by atomic mass is 10.1. The molecule has 0 unspecified atom stereocenters. The molecule has 0 fully saturated rings. The van der Waals surface area contributed by atoms with Crippen LogP contribution in [0, 0.1) is 10.1 Å². The fourth-order valence-corrected chi connectivity index (χ4v) is 3.63. The van der Waals surface area contributed by atoms with E-state index in [4.69, 9.17) is 0 Å². The van der Waals surface area contributed by atoms with Crippen LogP contribution < -0.4 is 5.43 Å². The number of para-hydroxylation sites is 3. The highest BCUT2D eigenvalue weighted by molar-refractivity contribution is 5.89. The summed E-state index contributed by atoms with van der Waals surface area (Å²) in [7, 11) is 0. The average Bonchev–Trinajstić information content (AvgIpc) is 3.44. The van der Waals surface area contributed by atoms with Crippen molar-refractivity contribution < 1.29 is 9.72 Å². The molecule has 5 aromatic rings. The molecule has 5 rings (SSSR count). The van der Waals surface area contributed by atoms with Gasteiger partial charge in [0.1, 0.15) is 6.33 Å². The van der Waals surface area contributed by atoms with E-state index in [0.29, 0.717) is 16.8 Å². The fraction of sp³-hybridized carbons (Fsp3) is 0.0417. The van der Waals surface area contributed by atoms with Gasteiger partial charge in [0, 0.05) is 29.5 Å². The molecule has 1 N–H and O–H groups in total. The maximum atomic E-state index is 12.9. The Morgan fingerprint density at radius 2 is 1.70 bits per heavy atom. The lowest BCUT2D eigenvalue weighted by Crippen LogP contribution is -2.23. The first-order valence-electron chi connectivity index (χ1n) is 10.2. The van der Waals surface area contributed by atoms with E-state index in [1.807, 2.05) is 54.6 Å². The number of nitro groups is 1. The SMILES string of the molecule is O=C(Cc1cn(-c2ccccc2)nc1-c1ccc([N+](=O)[O-])cc1)Nn1cnc2ccccc21. The van der Waals surface area contributed by atoms with Gasteiger partial charge in [-0.05, 0) is 36.4 Å². The Balaban J connectivity index is 1.47. The standard InChI is InChI=1S/C24H18N6O3/c31-23(26-29-16-25-21-8-4-5-9-22(21)29)14-18-15-28(19-6-2-1-3-7-19)27-24(18)17-10-12-20(13-11-17)30(32)33/h1-13,15-16H,14H2,(H,26,31). The van der Waals surface area contributed by atoms with E-state index >= 15 is 0 Å². The van der Waals surface area contributed by atoms with Gasteiger partial charge in [0.25, 0.3) is 5.69 Å². The first kappa shape index (κ1) is 20.1. The topological polar surface area (TPSA) is 108 Å². The van der Waals surface area contributed by atoms with E-state index in [9.17, 15) is 14.9 Å². The molecule has 33 heavy (non-hydrogen) atoms. The first-order chi connectivity index (χ1) is 16.1. The van der Waals surface area contributed by atoms with Crippen molar-refractivity contribution in [2.45, 2.75) is 6.42 Å². The predicted molar refractivity (Wildman–Crippen MR) is 123 cm³/mol. The van der Waals surface area contributed by atoms with Crippen molar-refractivity contribution in [3.63, 3.8) is 0 Å². The van der Waals surface area contributed by atoms with Crippen molar-refractivity contribution in [2.24, 2.45) is 0 Å². The smallest absolute Gasteiger partial charge is 0.269 e. The van der Waals surface area contributed by atoms with Crippen LogP contribution in [0.3, 0.4) is 0 Å². The molecule has 0 radical (unpaired) electrons. The molecule has 2 aromatic heterocycles. The van der Waals surface area contributed by atoms with Gasteiger partial charge in [0.15, 0.2) is 0 Å². The van der Waals surface area contributed by atoms with Gasteiger partial charge in [0.2, 0.25) is 5.91 Å². The van der Waals surface area contributed by atoms with Crippen molar-refractivity contribution >= 4 is 22.6 Å². The molecule has 0 atom stereocenters. The Labute approximate surface area is 188 Å². The van der Waals surface area contributed by atoms with Crippen LogP contribution in [0.4, 0.5) is 5.69 Å². The highest BCUT2D eigenvalue weighted by Crippen LogP contribution is 2.26. The summed E-state index contributed by atoms with van der Waals surface area (Å²) >= 11 is 0. The van der Waals surface area contributed by atoms with Gasteiger partial charge in [-0.15, -0.1) is 0 Å². The Hall–Kier alpha value is -4.79. The van der Waals surface area contributed by atoms with Gasteiger partial charge in [-0.1, -0.05) is 30.3 Å². The molecule has 9 nitrogen and oxygen atoms in total. The van der Waals surface area contributed by atoms with Gasteiger partial charge in [-0.25, -0.2) is 14.3 Å². The minimum Gasteiger partial charge on any atom is -0.273 e. The summed E-state index contributed by atoms with van der Waals surface area (Å²) in [6, 6.07) is 23.2. The summed E-state index contributed by atoms with van der Waals surface area (Å²) in [6.07, 6.45) is 3.43. The summed E-state index contributed by atoms with van der Waals surface area (Å²) in [5.41, 5.74) is 7.22. The number of non-ortho nitro benzene ring substituents is 1. The van der Waals surface area contributed by atoms with E-state index in [0.717, 1.165) is 16.7 Å². The quantitative estimate of drug-likeness (QED) is 0.317. The molecule has 1 amide bonds. The van der Waals surface area contributed by atoms with Gasteiger partial charge in [-0.2, -0.15) is 5.10 Å². The Bertz CT molecular complexity index is 1450. The third-order valence-corrected chi connectivity index (χ3v) is 5.21. The average molecular weight is 438 g/mol. The minimum atomic E-state index is -0.448. The second kappa shape index (κ2) is 8.39. The molecule has 0 aliphatic rings. The number of carbonyl (C=O) groups excluding carboxylic acids is 1. The summed E-state index contributed by atoms with van der Waals surface area (Å²) in [4.78, 5) is 27.8. The molecule has 0 aliphatic heterocycles. The van der Waals surface area contributed by atoms with Gasteiger partial charge >= 0.3 is 0 Å². The Morgan fingerprint density at radius 1 is 0.970 bits per heavy atom. The van der Waals surface area contributed by atoms with E-state index in [1.54, 1.807) is 34.0 Å². The van der Waals surface area contributed by atoms with Crippen molar-refractivity contribution in [1.29, 1.82) is 0 Å². The van der Waals surface area contributed by atoms with Crippen molar-refractivity contribution in [3.8, 4) is 16.9 Å². The number of aromatic nitrogens is 4. The van der Waals surface area contributed by atoms with Gasteiger partial charge < -0.3 is 0 Å². The molecular formula is C24H18N6O3. The molecule has 0 saturated heterocycles. The van der Waals surface area contributed by atoms with E-state index in [2.05, 4.69) is 15.5 Å². The zero-order valence-electron chi connectivity index (χ0n) is 17.3. The fourth-order valence-electron chi connectivity index (χ4n) is 3.63. The highest BCUT2D eigenvalue weighted by atomic mass is 16.6. The Morgan fingerprint density at radius 3 is 2.45 bits per heavy atom. The summed E-state index contributed by atoms with van der Waals surface area (Å²) < 4.78 is 3.29. The number of amides is 1. The Kier molecular flexibility index (Phi) is 5.12. The number of carbonyl (C=O) groups is 1. The molecule has 0 saturated carbocycles. The maximum Gasteiger partial charge on any atom is 0.269 e. The number of nitro benzene ring substituents is 1. The molecule has 2 heterocycles. The van der Waals surface area contributed by atoms with Crippen LogP contribution in [0.25, 0.3) is 28.0 Å². The van der Waals surface area contributed by atoms with Crippen LogP contribution in [-0.4, -0.2) is 30.3 Å². The highest BCUT2D eigenvalue weighted by Gasteiger charge is 2.17. The van der Waals surface area contributed by atoms with E-state index < -0.39 is 4.92 Å². The molecular weight excluding hydrogens is 420 g/mol. The largest absolute Gasteiger partial charge is 0.273 e. The number of imidazole rings is 1. The van der Waals surface area contributed by atoms with Crippen LogP contribution in [0.2, 0.25) is 0 Å². The zero-order valence-corrected chi connectivity index (χ0v) is 17.3. The van der Waals surface area contributed by atoms with E-state index in [-0.39, 0.29) is 18.0 Å². The second-order valence-electron chi connectivity index (χ2n) is 7.40. The van der Waals surface area contributed by atoms with Crippen LogP contribution in [0.1, 0.15) is 5.56 Å². The monoisotopic (exact) mass is 438 g/mol. The van der Waals surface area contributed by atoms with E-state index in [1.165, 1.54) is 12.1 Å². The number of nitrogens with zero attached hydrogens (tertiary/aromatic N) is 5. The number of hydrogen-bond acceptors (Lipinski definition) is 5. The summed E-state index contributed by atoms with van der Waals surface area (Å²) in [5, 5.41) is 15.7. The number of rotatable bonds is 6. The normalized spacial score (nSPS) is 10.9. The molecule has 3 aromatic carbocycles. The van der Waals surface area contributed by atoms with Crippen LogP contribution >= 0.6 is 0 Å². The van der Waals surface area contributed by atoms with Gasteiger partial charge in [-0.3, -0.25) is 20.3 Å². The second-order valence-corrected chi connectivity index (χ2v) is 7.40. The number of benzene rings is 3. The predicted octanol–water partition coefficient (Wildman–Crippen LogP) is 4.11. The van der Waals surface area contributed by atoms with Crippen LogP contribution in [0.5, 0.6) is 0 Å². The first-order valence-corrected chi connectivity index (χ1v) is 10.2. The number of hydrogen-bond donors (Lipinski definition) is 1. The molecule has 9 heteroatoms. The third kappa shape index (κ3) is 4.07. The number of nitrogens with one attached hydrogen (secondary N) is 1.